The van der Waals surface area contributed by atoms with Gasteiger partial charge in [-0.25, -0.2) is 4.39 Å². The lowest BCUT2D eigenvalue weighted by atomic mass is 10.2. The first-order valence-electron chi connectivity index (χ1n) is 5.77. The lowest BCUT2D eigenvalue weighted by Crippen LogP contribution is -1.82. The second kappa shape index (κ2) is 5.03. The minimum absolute atomic E-state index is 0.0789. The van der Waals surface area contributed by atoms with Crippen LogP contribution < -0.4 is 0 Å². The van der Waals surface area contributed by atoms with E-state index in [0.29, 0.717) is 5.69 Å². The number of hydrogen-bond acceptors (Lipinski definition) is 3. The summed E-state index contributed by atoms with van der Waals surface area (Å²) in [7, 11) is 0. The Morgan fingerprint density at radius 3 is 2.58 bits per heavy atom. The summed E-state index contributed by atoms with van der Waals surface area (Å²) in [4.78, 5) is 2.01. The zero-order valence-electron chi connectivity index (χ0n) is 9.93. The highest BCUT2D eigenvalue weighted by Gasteiger charge is 2.06. The average Bonchev–Trinajstić information content (AvgIpc) is 2.83. The van der Waals surface area contributed by atoms with Gasteiger partial charge in [-0.15, -0.1) is 0 Å². The summed E-state index contributed by atoms with van der Waals surface area (Å²) in [6.07, 6.45) is 0. The van der Waals surface area contributed by atoms with E-state index in [1.54, 1.807) is 23.9 Å². The van der Waals surface area contributed by atoms with E-state index in [1.165, 1.54) is 12.1 Å². The van der Waals surface area contributed by atoms with Gasteiger partial charge in [0.1, 0.15) is 5.82 Å². The lowest BCUT2D eigenvalue weighted by molar-refractivity contribution is 0.278. The molecular formula is C14H11FN2OS. The molecule has 0 amide bonds. The summed E-state index contributed by atoms with van der Waals surface area (Å²) in [6, 6.07) is 12.2. The second-order valence-corrected chi connectivity index (χ2v) is 5.24. The van der Waals surface area contributed by atoms with Gasteiger partial charge in [0.25, 0.3) is 0 Å². The van der Waals surface area contributed by atoms with E-state index in [9.17, 15) is 4.39 Å². The zero-order chi connectivity index (χ0) is 13.2. The molecule has 0 radical (unpaired) electrons. The Bertz CT molecular complexity index is 709. The Morgan fingerprint density at radius 1 is 1.11 bits per heavy atom. The summed E-state index contributed by atoms with van der Waals surface area (Å²) >= 11 is 1.55. The van der Waals surface area contributed by atoms with Crippen LogP contribution in [0.2, 0.25) is 0 Å². The van der Waals surface area contributed by atoms with Crippen LogP contribution in [0.15, 0.2) is 52.3 Å². The van der Waals surface area contributed by atoms with Crippen molar-refractivity contribution in [3.8, 4) is 0 Å². The predicted molar refractivity (Wildman–Crippen MR) is 72.5 cm³/mol. The third kappa shape index (κ3) is 2.47. The van der Waals surface area contributed by atoms with E-state index in [2.05, 4.69) is 10.2 Å². The second-order valence-electron chi connectivity index (χ2n) is 4.09. The van der Waals surface area contributed by atoms with Gasteiger partial charge in [0.15, 0.2) is 0 Å². The molecule has 0 aliphatic rings. The van der Waals surface area contributed by atoms with E-state index in [-0.39, 0.29) is 12.4 Å². The Hall–Kier alpha value is -1.85. The van der Waals surface area contributed by atoms with Crippen molar-refractivity contribution in [1.82, 2.24) is 10.2 Å². The van der Waals surface area contributed by atoms with Crippen LogP contribution in [0.3, 0.4) is 0 Å². The maximum Gasteiger partial charge on any atom is 0.123 e. The van der Waals surface area contributed by atoms with E-state index >= 15 is 0 Å². The van der Waals surface area contributed by atoms with E-state index in [0.717, 1.165) is 20.7 Å². The van der Waals surface area contributed by atoms with Gasteiger partial charge in [-0.3, -0.25) is 5.10 Å². The van der Waals surface area contributed by atoms with Gasteiger partial charge in [0.05, 0.1) is 17.8 Å². The predicted octanol–water partition coefficient (Wildman–Crippen LogP) is 3.35. The topological polar surface area (TPSA) is 48.9 Å². The van der Waals surface area contributed by atoms with Crippen molar-refractivity contribution in [2.24, 2.45) is 0 Å². The van der Waals surface area contributed by atoms with Crippen LogP contribution in [-0.4, -0.2) is 15.3 Å². The Labute approximate surface area is 113 Å². The van der Waals surface area contributed by atoms with E-state index in [4.69, 9.17) is 5.11 Å². The minimum atomic E-state index is -0.235. The fourth-order valence-electron chi connectivity index (χ4n) is 1.88. The molecule has 5 heteroatoms. The third-order valence-electron chi connectivity index (χ3n) is 2.81. The molecule has 0 aliphatic heterocycles. The van der Waals surface area contributed by atoms with Crippen LogP contribution in [0.25, 0.3) is 10.9 Å². The third-order valence-corrected chi connectivity index (χ3v) is 3.81. The number of rotatable bonds is 3. The van der Waals surface area contributed by atoms with Gasteiger partial charge in [0.2, 0.25) is 0 Å². The van der Waals surface area contributed by atoms with Crippen molar-refractivity contribution in [2.75, 3.05) is 0 Å². The minimum Gasteiger partial charge on any atom is -0.390 e. The van der Waals surface area contributed by atoms with Crippen LogP contribution in [-0.2, 0) is 6.61 Å². The largest absolute Gasteiger partial charge is 0.390 e. The van der Waals surface area contributed by atoms with Crippen LogP contribution in [0, 0.1) is 5.82 Å². The number of halogens is 1. The Morgan fingerprint density at radius 2 is 1.84 bits per heavy atom. The molecular weight excluding hydrogens is 263 g/mol. The molecule has 3 rings (SSSR count). The highest BCUT2D eigenvalue weighted by Crippen LogP contribution is 2.30. The number of aliphatic hydroxyl groups excluding tert-OH is 1. The molecule has 2 aromatic carbocycles. The van der Waals surface area contributed by atoms with Gasteiger partial charge >= 0.3 is 0 Å². The quantitative estimate of drug-likeness (QED) is 0.770. The molecule has 96 valence electrons. The van der Waals surface area contributed by atoms with Crippen molar-refractivity contribution in [3.05, 3.63) is 54.0 Å². The van der Waals surface area contributed by atoms with Gasteiger partial charge in [-0.05, 0) is 42.5 Å². The standard InChI is InChI=1S/C14H11FN2OS/c15-9-1-3-10(4-2-9)19-11-5-6-12-13(7-11)16-17-14(12)8-18/h1-7,18H,8H2,(H,16,17). The van der Waals surface area contributed by atoms with Crippen LogP contribution in [0.4, 0.5) is 4.39 Å². The van der Waals surface area contributed by atoms with Crippen molar-refractivity contribution in [2.45, 2.75) is 16.4 Å². The Kier molecular flexibility index (Phi) is 3.23. The molecule has 0 unspecified atom stereocenters. The first-order valence-corrected chi connectivity index (χ1v) is 6.59. The SMILES string of the molecule is OCc1n[nH]c2cc(Sc3ccc(F)cc3)ccc12. The molecule has 0 atom stereocenters. The van der Waals surface area contributed by atoms with Gasteiger partial charge in [-0.2, -0.15) is 5.10 Å². The number of nitrogens with one attached hydrogen (secondary N) is 1. The average molecular weight is 274 g/mol. The highest BCUT2D eigenvalue weighted by molar-refractivity contribution is 7.99. The smallest absolute Gasteiger partial charge is 0.123 e. The number of aromatic nitrogens is 2. The number of nitrogens with zero attached hydrogens (tertiary/aromatic N) is 1. The van der Waals surface area contributed by atoms with E-state index < -0.39 is 0 Å². The monoisotopic (exact) mass is 274 g/mol. The molecule has 0 fully saturated rings. The number of aromatic amines is 1. The molecule has 0 saturated heterocycles. The first kappa shape index (κ1) is 12.2. The molecule has 19 heavy (non-hydrogen) atoms. The summed E-state index contributed by atoms with van der Waals surface area (Å²) in [5, 5.41) is 17.0. The molecule has 2 N–H and O–H groups in total. The Balaban J connectivity index is 1.91. The maximum absolute atomic E-state index is 12.8. The number of aliphatic hydroxyl groups is 1. The van der Waals surface area contributed by atoms with Crippen LogP contribution in [0.5, 0.6) is 0 Å². The fourth-order valence-corrected chi connectivity index (χ4v) is 2.74. The van der Waals surface area contributed by atoms with E-state index in [1.807, 2.05) is 18.2 Å². The van der Waals surface area contributed by atoms with Crippen LogP contribution in [0.1, 0.15) is 5.69 Å². The highest BCUT2D eigenvalue weighted by atomic mass is 32.2. The zero-order valence-corrected chi connectivity index (χ0v) is 10.7. The summed E-state index contributed by atoms with van der Waals surface area (Å²) in [6.45, 7) is -0.0789. The molecule has 3 nitrogen and oxygen atoms in total. The van der Waals surface area contributed by atoms with Crippen LogP contribution >= 0.6 is 11.8 Å². The number of H-pyrrole nitrogens is 1. The summed E-state index contributed by atoms with van der Waals surface area (Å²) in [5.41, 5.74) is 1.53. The number of hydrogen-bond donors (Lipinski definition) is 2. The fraction of sp³-hybridized carbons (Fsp3) is 0.0714. The molecule has 1 heterocycles. The molecule has 0 bridgehead atoms. The molecule has 0 aliphatic carbocycles. The molecule has 0 saturated carbocycles. The first-order chi connectivity index (χ1) is 9.26. The number of fused-ring (bicyclic) bond motifs is 1. The van der Waals surface area contributed by atoms with Crippen molar-refractivity contribution < 1.29 is 9.50 Å². The van der Waals surface area contributed by atoms with Gasteiger partial charge in [-0.1, -0.05) is 11.8 Å². The normalized spacial score (nSPS) is 11.1. The lowest BCUT2D eigenvalue weighted by Gasteiger charge is -2.02. The summed E-state index contributed by atoms with van der Waals surface area (Å²) in [5.74, 6) is -0.235. The molecule has 0 spiro atoms. The van der Waals surface area contributed by atoms with Gasteiger partial charge < -0.3 is 5.11 Å². The maximum atomic E-state index is 12.8. The van der Waals surface area contributed by atoms with Crippen molar-refractivity contribution >= 4 is 22.7 Å². The number of benzene rings is 2. The molecule has 3 aromatic rings. The summed E-state index contributed by atoms with van der Waals surface area (Å²) < 4.78 is 12.8. The molecule has 1 aromatic heterocycles. The van der Waals surface area contributed by atoms with Crippen molar-refractivity contribution in [1.29, 1.82) is 0 Å². The van der Waals surface area contributed by atoms with Gasteiger partial charge in [0, 0.05) is 15.2 Å². The van der Waals surface area contributed by atoms with Crippen molar-refractivity contribution in [3.63, 3.8) is 0 Å².